The lowest BCUT2D eigenvalue weighted by Crippen LogP contribution is -2.45. The Hall–Kier alpha value is -2.68. The summed E-state index contributed by atoms with van der Waals surface area (Å²) in [6.07, 6.45) is 2.90. The number of carbonyl (C=O) groups excluding carboxylic acids is 2. The van der Waals surface area contributed by atoms with Crippen molar-refractivity contribution >= 4 is 107 Å². The number of rotatable bonds is 9. The molecule has 1 aliphatic carbocycles. The predicted molar refractivity (Wildman–Crippen MR) is 173 cm³/mol. The Morgan fingerprint density at radius 1 is 1.00 bits per heavy atom. The van der Waals surface area contributed by atoms with Gasteiger partial charge in [-0.3, -0.25) is 9.59 Å². The van der Waals surface area contributed by atoms with Crippen LogP contribution in [0.5, 0.6) is 11.5 Å². The first-order valence-corrected chi connectivity index (χ1v) is 15.5. The van der Waals surface area contributed by atoms with Crippen LogP contribution in [-0.4, -0.2) is 97.9 Å². The van der Waals surface area contributed by atoms with Crippen molar-refractivity contribution in [1.29, 1.82) is 0 Å². The molecule has 0 aromatic heterocycles. The lowest BCUT2D eigenvalue weighted by atomic mass is 9.68. The Morgan fingerprint density at radius 3 is 2.18 bits per heavy atom. The summed E-state index contributed by atoms with van der Waals surface area (Å²) in [7, 11) is 9.72. The monoisotopic (exact) mass is 544 g/mol. The third kappa shape index (κ3) is 5.26. The Labute approximate surface area is 236 Å². The molecule has 0 bridgehead atoms. The molecular formula is C24H34B6N2O6S. The van der Waals surface area contributed by atoms with Crippen LogP contribution in [0.15, 0.2) is 0 Å². The van der Waals surface area contributed by atoms with Crippen molar-refractivity contribution in [2.75, 3.05) is 31.0 Å². The van der Waals surface area contributed by atoms with E-state index in [1.54, 1.807) is 12.0 Å². The first-order valence-electron chi connectivity index (χ1n) is 13.5. The van der Waals surface area contributed by atoms with Crippen LogP contribution in [0.25, 0.3) is 0 Å². The molecule has 39 heavy (non-hydrogen) atoms. The first kappa shape index (κ1) is 29.3. The zero-order valence-electron chi connectivity index (χ0n) is 24.5. The normalized spacial score (nSPS) is 15.7. The van der Waals surface area contributed by atoms with Crippen molar-refractivity contribution in [3.8, 4) is 11.5 Å². The number of amides is 2. The van der Waals surface area contributed by atoms with Gasteiger partial charge in [-0.15, -0.1) is 0 Å². The van der Waals surface area contributed by atoms with Gasteiger partial charge in [-0.1, -0.05) is 21.9 Å². The number of hydrogen-bond donors (Lipinski definition) is 1. The third-order valence-corrected chi connectivity index (χ3v) is 9.35. The summed E-state index contributed by atoms with van der Waals surface area (Å²) in [4.78, 5) is 28.7. The smallest absolute Gasteiger partial charge is 0.257 e. The molecule has 1 saturated carbocycles. The van der Waals surface area contributed by atoms with E-state index in [2.05, 4.69) is 5.32 Å². The van der Waals surface area contributed by atoms with Crippen LogP contribution >= 0.6 is 0 Å². The number of nitrogens with one attached hydrogen (secondary N) is 1. The van der Waals surface area contributed by atoms with E-state index < -0.39 is 15.9 Å². The van der Waals surface area contributed by atoms with Crippen LogP contribution in [0.2, 0.25) is 0 Å². The van der Waals surface area contributed by atoms with Crippen molar-refractivity contribution in [2.45, 2.75) is 32.4 Å². The standard InChI is InChI=1S/C24H34B6N2O6S/c1-4-38-22-16(27)13(15(26)19(30)21(22)37-2)11(8-39(3,35)36)32-7-10-12(24(32)34)20(18(29)17(28)14(10)25)31-23(33)9-5-6-9/h9,11H,4-8,25-30H2,1-3H3,(H,31,33)/t11-/m1/s1. The van der Waals surface area contributed by atoms with Crippen molar-refractivity contribution in [2.24, 2.45) is 5.92 Å². The lowest BCUT2D eigenvalue weighted by molar-refractivity contribution is -0.117. The molecule has 0 saturated heterocycles. The number of hydrogen-bond acceptors (Lipinski definition) is 6. The Bertz CT molecular complexity index is 1500. The second-order valence-corrected chi connectivity index (χ2v) is 13.2. The second kappa shape index (κ2) is 10.7. The minimum atomic E-state index is -3.50. The van der Waals surface area contributed by atoms with Crippen LogP contribution in [0.3, 0.4) is 0 Å². The van der Waals surface area contributed by atoms with E-state index in [0.717, 1.165) is 56.7 Å². The number of anilines is 1. The van der Waals surface area contributed by atoms with Gasteiger partial charge in [0.25, 0.3) is 5.91 Å². The molecular weight excluding hydrogens is 509 g/mol. The molecule has 0 radical (unpaired) electrons. The SMILES string of the molecule is Bc1c(B)c2c(c(NC(=O)C3CC3)c1B)C(=O)N([C@H](CS(C)(=O)=O)c1c(B)c(B)c(OC)c(OCC)c1B)C2. The number of methoxy groups -OCH3 is 1. The Morgan fingerprint density at radius 2 is 1.64 bits per heavy atom. The van der Waals surface area contributed by atoms with Gasteiger partial charge < -0.3 is 19.7 Å². The minimum absolute atomic E-state index is 0.0168. The van der Waals surface area contributed by atoms with Crippen LogP contribution in [0, 0.1) is 5.92 Å². The van der Waals surface area contributed by atoms with E-state index in [1.165, 1.54) is 6.26 Å². The zero-order valence-corrected chi connectivity index (χ0v) is 25.3. The fourth-order valence-corrected chi connectivity index (χ4v) is 6.74. The molecule has 200 valence electrons. The Kier molecular flexibility index (Phi) is 8.05. The quantitative estimate of drug-likeness (QED) is 0.316. The largest absolute Gasteiger partial charge is 0.494 e. The fourth-order valence-electron chi connectivity index (χ4n) is 5.82. The summed E-state index contributed by atoms with van der Waals surface area (Å²) in [6, 6.07) is -0.754. The van der Waals surface area contributed by atoms with Crippen molar-refractivity contribution in [3.05, 3.63) is 16.7 Å². The molecule has 1 heterocycles. The van der Waals surface area contributed by atoms with Gasteiger partial charge in [0.1, 0.15) is 56.9 Å². The number of nitrogens with zero attached hydrogens (tertiary/aromatic N) is 1. The van der Waals surface area contributed by atoms with E-state index in [-0.39, 0.29) is 30.0 Å². The van der Waals surface area contributed by atoms with Gasteiger partial charge >= 0.3 is 0 Å². The Balaban J connectivity index is 1.92. The molecule has 8 nitrogen and oxygen atoms in total. The molecule has 2 aliphatic rings. The maximum absolute atomic E-state index is 14.3. The summed E-state index contributed by atoms with van der Waals surface area (Å²) in [5.74, 6) is 0.559. The molecule has 2 aromatic carbocycles. The molecule has 2 amide bonds. The molecule has 15 heteroatoms. The summed E-state index contributed by atoms with van der Waals surface area (Å²) in [5.41, 5.74) is 7.90. The van der Waals surface area contributed by atoms with Crippen LogP contribution in [0.1, 0.15) is 47.3 Å². The fraction of sp³-hybridized carbons (Fsp3) is 0.417. The number of sulfone groups is 1. The first-order chi connectivity index (χ1) is 18.2. The van der Waals surface area contributed by atoms with Gasteiger partial charge in [0.2, 0.25) is 5.91 Å². The predicted octanol–water partition coefficient (Wildman–Crippen LogP) is -7.27. The number of ether oxygens (including phenoxy) is 2. The van der Waals surface area contributed by atoms with E-state index in [1.807, 2.05) is 54.0 Å². The molecule has 2 aromatic rings. The van der Waals surface area contributed by atoms with Gasteiger partial charge in [0.05, 0.1) is 31.1 Å². The van der Waals surface area contributed by atoms with E-state index in [9.17, 15) is 18.0 Å². The maximum atomic E-state index is 14.3. The van der Waals surface area contributed by atoms with Gasteiger partial charge in [-0.2, -0.15) is 0 Å². The molecule has 1 N–H and O–H groups in total. The van der Waals surface area contributed by atoms with Crippen molar-refractivity contribution in [1.82, 2.24) is 4.90 Å². The zero-order chi connectivity index (χ0) is 29.0. The van der Waals surface area contributed by atoms with E-state index in [0.29, 0.717) is 29.4 Å². The highest BCUT2D eigenvalue weighted by atomic mass is 32.2. The lowest BCUT2D eigenvalue weighted by Gasteiger charge is -2.33. The van der Waals surface area contributed by atoms with Crippen LogP contribution < -0.4 is 47.6 Å². The topological polar surface area (TPSA) is 102 Å². The second-order valence-electron chi connectivity index (χ2n) is 11.0. The molecule has 1 atom stereocenters. The van der Waals surface area contributed by atoms with Crippen LogP contribution in [0.4, 0.5) is 5.69 Å². The highest BCUT2D eigenvalue weighted by Gasteiger charge is 2.41. The summed E-state index contributed by atoms with van der Waals surface area (Å²) in [6.45, 7) is 2.54. The third-order valence-electron chi connectivity index (χ3n) is 8.42. The molecule has 0 spiro atoms. The molecule has 1 aliphatic heterocycles. The average Bonchev–Trinajstić information content (AvgIpc) is 3.66. The maximum Gasteiger partial charge on any atom is 0.257 e. The molecule has 1 fully saturated rings. The minimum Gasteiger partial charge on any atom is -0.494 e. The summed E-state index contributed by atoms with van der Waals surface area (Å²) >= 11 is 0. The molecule has 0 unspecified atom stereocenters. The van der Waals surface area contributed by atoms with Crippen molar-refractivity contribution < 1.29 is 27.5 Å². The number of benzene rings is 2. The average molecular weight is 543 g/mol. The van der Waals surface area contributed by atoms with Gasteiger partial charge in [0.15, 0.2) is 11.5 Å². The molecule has 4 rings (SSSR count). The van der Waals surface area contributed by atoms with Gasteiger partial charge in [0, 0.05) is 24.4 Å². The van der Waals surface area contributed by atoms with Gasteiger partial charge in [-0.05, 0) is 41.8 Å². The number of carbonyl (C=O) groups is 2. The highest BCUT2D eigenvalue weighted by Crippen LogP contribution is 2.36. The number of fused-ring (bicyclic) bond motifs is 1. The summed E-state index contributed by atoms with van der Waals surface area (Å²) < 4.78 is 37.3. The highest BCUT2D eigenvalue weighted by molar-refractivity contribution is 7.90. The van der Waals surface area contributed by atoms with Crippen molar-refractivity contribution in [3.63, 3.8) is 0 Å². The van der Waals surface area contributed by atoms with Gasteiger partial charge in [-0.25, -0.2) is 8.42 Å². The summed E-state index contributed by atoms with van der Waals surface area (Å²) in [5, 5.41) is 3.05. The van der Waals surface area contributed by atoms with Crippen LogP contribution in [-0.2, 0) is 21.2 Å². The van der Waals surface area contributed by atoms with E-state index >= 15 is 0 Å². The van der Waals surface area contributed by atoms with E-state index in [4.69, 9.17) is 9.47 Å².